The van der Waals surface area contributed by atoms with Crippen molar-refractivity contribution in [2.45, 2.75) is 64.6 Å². The summed E-state index contributed by atoms with van der Waals surface area (Å²) in [4.78, 5) is 18.5. The van der Waals surface area contributed by atoms with Gasteiger partial charge in [-0.3, -0.25) is 0 Å². The number of pyridine rings is 1. The molecule has 1 N–H and O–H groups in total. The number of hydrogen-bond acceptors (Lipinski definition) is 8. The Morgan fingerprint density at radius 1 is 1.15 bits per heavy atom. The number of nitrogens with one attached hydrogen (secondary N) is 1. The quantitative estimate of drug-likeness (QED) is 0.482. The Bertz CT molecular complexity index is 1340. The molecule has 0 aromatic carbocycles. The van der Waals surface area contributed by atoms with Crippen LogP contribution in [0, 0.1) is 6.92 Å². The van der Waals surface area contributed by atoms with Crippen molar-refractivity contribution in [3.8, 4) is 17.3 Å². The van der Waals surface area contributed by atoms with Gasteiger partial charge in [0, 0.05) is 48.8 Å². The molecular formula is C23H27N9O. The number of ether oxygens (including phenoxy) is 1. The molecule has 33 heavy (non-hydrogen) atoms. The summed E-state index contributed by atoms with van der Waals surface area (Å²) in [7, 11) is 1.63. The van der Waals surface area contributed by atoms with Crippen LogP contribution < -0.4 is 10.1 Å². The van der Waals surface area contributed by atoms with E-state index in [9.17, 15) is 0 Å². The summed E-state index contributed by atoms with van der Waals surface area (Å²) in [6, 6.07) is 2.29. The molecule has 6 rings (SSSR count). The second-order valence-electron chi connectivity index (χ2n) is 8.86. The standard InChI is InChI=1S/C23H27N9O/c1-4-31-20(15-9-13(2)23(33-3)24-10-15)28-18-19(25-12-26-22(18)31)27-16-7-8-17-29-30-21(14-5-6-14)32(17)11-16/h9-10,12,14,16H,4-8,11H2,1-3H3,(H,25,26,27). The molecule has 0 radical (unpaired) electrons. The Morgan fingerprint density at radius 2 is 2.03 bits per heavy atom. The van der Waals surface area contributed by atoms with Crippen LogP contribution in [0.4, 0.5) is 5.82 Å². The van der Waals surface area contributed by atoms with Gasteiger partial charge in [-0.15, -0.1) is 10.2 Å². The van der Waals surface area contributed by atoms with E-state index < -0.39 is 0 Å². The smallest absolute Gasteiger partial charge is 0.215 e. The Hall–Kier alpha value is -3.56. The van der Waals surface area contributed by atoms with Crippen LogP contribution in [-0.2, 0) is 19.5 Å². The van der Waals surface area contributed by atoms with Crippen molar-refractivity contribution in [2.24, 2.45) is 0 Å². The van der Waals surface area contributed by atoms with Gasteiger partial charge in [-0.2, -0.15) is 0 Å². The molecule has 170 valence electrons. The van der Waals surface area contributed by atoms with Gasteiger partial charge in [-0.05, 0) is 39.2 Å². The largest absolute Gasteiger partial charge is 0.481 e. The monoisotopic (exact) mass is 445 g/mol. The van der Waals surface area contributed by atoms with Crippen LogP contribution in [0.3, 0.4) is 0 Å². The third-order valence-corrected chi connectivity index (χ3v) is 6.59. The van der Waals surface area contributed by atoms with Crippen LogP contribution in [0.1, 0.15) is 49.3 Å². The van der Waals surface area contributed by atoms with Gasteiger partial charge in [-0.25, -0.2) is 19.9 Å². The number of rotatable bonds is 6. The minimum atomic E-state index is 0.240. The first-order valence-corrected chi connectivity index (χ1v) is 11.6. The van der Waals surface area contributed by atoms with Crippen molar-refractivity contribution in [1.29, 1.82) is 0 Å². The fourth-order valence-corrected chi connectivity index (χ4v) is 4.76. The predicted molar refractivity (Wildman–Crippen MR) is 123 cm³/mol. The van der Waals surface area contributed by atoms with Crippen molar-refractivity contribution < 1.29 is 4.74 Å². The number of aryl methyl sites for hydroxylation is 3. The van der Waals surface area contributed by atoms with Crippen molar-refractivity contribution >= 4 is 17.0 Å². The van der Waals surface area contributed by atoms with Crippen LogP contribution in [0.25, 0.3) is 22.6 Å². The minimum Gasteiger partial charge on any atom is -0.481 e. The maximum Gasteiger partial charge on any atom is 0.215 e. The molecule has 4 aromatic rings. The number of fused-ring (bicyclic) bond motifs is 2. The molecule has 0 saturated heterocycles. The Kier molecular flexibility index (Phi) is 4.74. The molecule has 4 aromatic heterocycles. The topological polar surface area (TPSA) is 108 Å². The number of aromatic nitrogens is 8. The second kappa shape index (κ2) is 7.79. The summed E-state index contributed by atoms with van der Waals surface area (Å²) >= 11 is 0. The van der Waals surface area contributed by atoms with Crippen molar-refractivity contribution in [3.05, 3.63) is 35.8 Å². The molecule has 1 aliphatic carbocycles. The second-order valence-corrected chi connectivity index (χ2v) is 8.86. The number of imidazole rings is 1. The SMILES string of the molecule is CCn1c(-c2cnc(OC)c(C)c2)nc2c(NC3CCc4nnc(C5CC5)n4C3)ncnc21. The van der Waals surface area contributed by atoms with Gasteiger partial charge in [0.15, 0.2) is 17.0 Å². The van der Waals surface area contributed by atoms with Gasteiger partial charge in [0.25, 0.3) is 0 Å². The van der Waals surface area contributed by atoms with Crippen LogP contribution in [0.5, 0.6) is 5.88 Å². The predicted octanol–water partition coefficient (Wildman–Crippen LogP) is 3.12. The summed E-state index contributed by atoms with van der Waals surface area (Å²) in [6.07, 6.45) is 7.75. The van der Waals surface area contributed by atoms with E-state index in [0.717, 1.165) is 71.5 Å². The number of anilines is 1. The van der Waals surface area contributed by atoms with Crippen LogP contribution in [-0.4, -0.2) is 52.4 Å². The van der Waals surface area contributed by atoms with E-state index in [2.05, 4.69) is 46.5 Å². The van der Waals surface area contributed by atoms with E-state index in [4.69, 9.17) is 9.72 Å². The zero-order valence-electron chi connectivity index (χ0n) is 19.1. The van der Waals surface area contributed by atoms with Gasteiger partial charge in [-0.1, -0.05) is 0 Å². The Morgan fingerprint density at radius 3 is 2.79 bits per heavy atom. The molecule has 1 saturated carbocycles. The number of hydrogen-bond donors (Lipinski definition) is 1. The van der Waals surface area contributed by atoms with Crippen LogP contribution in [0.15, 0.2) is 18.6 Å². The van der Waals surface area contributed by atoms with Gasteiger partial charge >= 0.3 is 0 Å². The average molecular weight is 446 g/mol. The molecule has 1 fully saturated rings. The lowest BCUT2D eigenvalue weighted by Crippen LogP contribution is -2.32. The maximum absolute atomic E-state index is 5.32. The minimum absolute atomic E-state index is 0.240. The van der Waals surface area contributed by atoms with Gasteiger partial charge in [0.1, 0.15) is 23.8 Å². The maximum atomic E-state index is 5.32. The van der Waals surface area contributed by atoms with Crippen molar-refractivity contribution in [2.75, 3.05) is 12.4 Å². The molecule has 0 amide bonds. The molecule has 0 bridgehead atoms. The molecule has 0 spiro atoms. The molecule has 1 atom stereocenters. The molecule has 2 aliphatic rings. The highest BCUT2D eigenvalue weighted by Crippen LogP contribution is 2.40. The average Bonchev–Trinajstić information content (AvgIpc) is 3.47. The van der Waals surface area contributed by atoms with E-state index in [1.54, 1.807) is 19.6 Å². The normalized spacial score (nSPS) is 17.8. The summed E-state index contributed by atoms with van der Waals surface area (Å²) in [5.74, 6) is 5.04. The van der Waals surface area contributed by atoms with E-state index in [1.165, 1.54) is 12.8 Å². The summed E-state index contributed by atoms with van der Waals surface area (Å²) in [5.41, 5.74) is 3.49. The van der Waals surface area contributed by atoms with E-state index >= 15 is 0 Å². The first-order chi connectivity index (χ1) is 16.2. The fraction of sp³-hybridized carbons (Fsp3) is 0.478. The summed E-state index contributed by atoms with van der Waals surface area (Å²) in [6.45, 7) is 5.67. The highest BCUT2D eigenvalue weighted by molar-refractivity contribution is 5.86. The molecule has 1 unspecified atom stereocenters. The van der Waals surface area contributed by atoms with E-state index in [0.29, 0.717) is 11.8 Å². The van der Waals surface area contributed by atoms with Crippen molar-refractivity contribution in [1.82, 2.24) is 39.3 Å². The summed E-state index contributed by atoms with van der Waals surface area (Å²) < 4.78 is 9.73. The van der Waals surface area contributed by atoms with Crippen molar-refractivity contribution in [3.63, 3.8) is 0 Å². The highest BCUT2D eigenvalue weighted by atomic mass is 16.5. The first-order valence-electron chi connectivity index (χ1n) is 11.6. The number of nitrogens with zero attached hydrogens (tertiary/aromatic N) is 8. The first kappa shape index (κ1) is 20.1. The zero-order valence-corrected chi connectivity index (χ0v) is 19.1. The third-order valence-electron chi connectivity index (χ3n) is 6.59. The van der Waals surface area contributed by atoms with E-state index in [1.807, 2.05) is 13.0 Å². The molecule has 10 heteroatoms. The highest BCUT2D eigenvalue weighted by Gasteiger charge is 2.33. The van der Waals surface area contributed by atoms with E-state index in [-0.39, 0.29) is 6.04 Å². The molecule has 10 nitrogen and oxygen atoms in total. The molecular weight excluding hydrogens is 418 g/mol. The Balaban J connectivity index is 1.34. The lowest BCUT2D eigenvalue weighted by atomic mass is 10.1. The third kappa shape index (κ3) is 3.40. The fourth-order valence-electron chi connectivity index (χ4n) is 4.76. The van der Waals surface area contributed by atoms with Gasteiger partial charge < -0.3 is 19.2 Å². The molecule has 1 aliphatic heterocycles. The van der Waals surface area contributed by atoms with Gasteiger partial charge in [0.05, 0.1) is 7.11 Å². The Labute approximate surface area is 191 Å². The molecule has 5 heterocycles. The number of methoxy groups -OCH3 is 1. The van der Waals surface area contributed by atoms with Gasteiger partial charge in [0.2, 0.25) is 5.88 Å². The lowest BCUT2D eigenvalue weighted by Gasteiger charge is -2.25. The lowest BCUT2D eigenvalue weighted by molar-refractivity contribution is 0.394. The summed E-state index contributed by atoms with van der Waals surface area (Å²) in [5, 5.41) is 12.5. The zero-order chi connectivity index (χ0) is 22.5. The van der Waals surface area contributed by atoms with Crippen LogP contribution in [0.2, 0.25) is 0 Å². The van der Waals surface area contributed by atoms with Crippen LogP contribution >= 0.6 is 0 Å².